The molecule has 2 unspecified atom stereocenters. The fourth-order valence-corrected chi connectivity index (χ4v) is 4.05. The molecule has 0 spiro atoms. The van der Waals surface area contributed by atoms with Gasteiger partial charge in [0.15, 0.2) is 0 Å². The van der Waals surface area contributed by atoms with Crippen LogP contribution in [0.1, 0.15) is 52.4 Å². The molecule has 0 bridgehead atoms. The van der Waals surface area contributed by atoms with E-state index in [9.17, 15) is 4.79 Å². The Balaban J connectivity index is 2.69. The second-order valence-electron chi connectivity index (χ2n) is 5.35. The van der Waals surface area contributed by atoms with Crippen molar-refractivity contribution < 1.29 is 4.79 Å². The predicted molar refractivity (Wildman–Crippen MR) is 87.5 cm³/mol. The third-order valence-electron chi connectivity index (χ3n) is 4.41. The second kappa shape index (κ2) is 7.48. The first kappa shape index (κ1) is 16.8. The fraction of sp³-hybridized carbons (Fsp3) is 0.857. The van der Waals surface area contributed by atoms with Gasteiger partial charge in [0.1, 0.15) is 0 Å². The van der Waals surface area contributed by atoms with Crippen molar-refractivity contribution in [3.8, 4) is 0 Å². The highest BCUT2D eigenvalue weighted by Crippen LogP contribution is 2.30. The summed E-state index contributed by atoms with van der Waals surface area (Å²) in [6.07, 6.45) is 8.07. The van der Waals surface area contributed by atoms with E-state index in [1.54, 1.807) is 0 Å². The van der Waals surface area contributed by atoms with Crippen molar-refractivity contribution in [2.75, 3.05) is 6.26 Å². The van der Waals surface area contributed by atoms with Crippen LogP contribution in [0, 0.1) is 5.41 Å². The van der Waals surface area contributed by atoms with Gasteiger partial charge in [0.25, 0.3) is 0 Å². The number of nitrogens with one attached hydrogen (secondary N) is 1. The lowest BCUT2D eigenvalue weighted by Crippen LogP contribution is -2.52. The minimum atomic E-state index is -0.665. The number of amides is 1. The van der Waals surface area contributed by atoms with Gasteiger partial charge in [-0.15, -0.1) is 0 Å². The molecule has 1 fully saturated rings. The van der Waals surface area contributed by atoms with Gasteiger partial charge in [-0.2, -0.15) is 11.8 Å². The molecule has 1 saturated carbocycles. The molecule has 3 N–H and O–H groups in total. The topological polar surface area (TPSA) is 55.1 Å². The van der Waals surface area contributed by atoms with E-state index in [0.717, 1.165) is 12.8 Å². The van der Waals surface area contributed by atoms with Crippen LogP contribution in [-0.2, 0) is 4.79 Å². The van der Waals surface area contributed by atoms with E-state index in [1.165, 1.54) is 12.8 Å². The van der Waals surface area contributed by atoms with Crippen LogP contribution < -0.4 is 11.1 Å². The number of nitrogens with two attached hydrogens (primary N) is 1. The Bertz CT molecular complexity index is 329. The molecule has 0 saturated heterocycles. The Kier molecular flexibility index (Phi) is 6.60. The van der Waals surface area contributed by atoms with Gasteiger partial charge in [-0.1, -0.05) is 32.5 Å². The number of rotatable bonds is 6. The fourth-order valence-electron chi connectivity index (χ4n) is 2.85. The lowest BCUT2D eigenvalue weighted by molar-refractivity contribution is -0.128. The molecule has 0 aromatic rings. The predicted octanol–water partition coefficient (Wildman–Crippen LogP) is 2.87. The summed E-state index contributed by atoms with van der Waals surface area (Å²) in [5.74, 6) is 0.0248. The van der Waals surface area contributed by atoms with Crippen molar-refractivity contribution in [2.45, 2.75) is 63.7 Å². The van der Waals surface area contributed by atoms with Gasteiger partial charge in [-0.05, 0) is 38.4 Å². The molecule has 5 heteroatoms. The van der Waals surface area contributed by atoms with E-state index < -0.39 is 5.41 Å². The maximum Gasteiger partial charge on any atom is 0.233 e. The highest BCUT2D eigenvalue weighted by atomic mass is 32.2. The number of carbonyl (C=O) groups is 1. The maximum absolute atomic E-state index is 12.5. The zero-order valence-electron chi connectivity index (χ0n) is 12.2. The minimum absolute atomic E-state index is 0.0248. The van der Waals surface area contributed by atoms with Crippen LogP contribution in [0.15, 0.2) is 0 Å². The third kappa shape index (κ3) is 3.85. The van der Waals surface area contributed by atoms with E-state index in [1.807, 2.05) is 25.6 Å². The van der Waals surface area contributed by atoms with Crippen LogP contribution in [0.3, 0.4) is 0 Å². The van der Waals surface area contributed by atoms with Crippen LogP contribution in [0.5, 0.6) is 0 Å². The molecule has 1 amide bonds. The van der Waals surface area contributed by atoms with Gasteiger partial charge < -0.3 is 11.1 Å². The van der Waals surface area contributed by atoms with Crippen molar-refractivity contribution in [1.29, 1.82) is 0 Å². The first-order valence-electron chi connectivity index (χ1n) is 7.13. The minimum Gasteiger partial charge on any atom is -0.392 e. The number of hydrogen-bond acceptors (Lipinski definition) is 3. The molecule has 1 aliphatic carbocycles. The van der Waals surface area contributed by atoms with E-state index in [-0.39, 0.29) is 11.9 Å². The van der Waals surface area contributed by atoms with Crippen LogP contribution in [0.2, 0.25) is 0 Å². The average Bonchev–Trinajstić information content (AvgIpc) is 2.40. The van der Waals surface area contributed by atoms with Crippen LogP contribution in [-0.4, -0.2) is 28.4 Å². The number of thiocarbonyl (C=S) groups is 1. The molecule has 0 radical (unpaired) electrons. The maximum atomic E-state index is 12.5. The van der Waals surface area contributed by atoms with E-state index in [2.05, 4.69) is 11.6 Å². The largest absolute Gasteiger partial charge is 0.392 e. The molecular weight excluding hydrogens is 276 g/mol. The number of thioether (sulfide) groups is 1. The van der Waals surface area contributed by atoms with Crippen molar-refractivity contribution in [3.05, 3.63) is 0 Å². The zero-order chi connectivity index (χ0) is 14.5. The monoisotopic (exact) mass is 302 g/mol. The smallest absolute Gasteiger partial charge is 0.233 e. The number of carbonyl (C=O) groups excluding carboxylic acids is 1. The summed E-state index contributed by atoms with van der Waals surface area (Å²) >= 11 is 7.03. The van der Waals surface area contributed by atoms with Crippen molar-refractivity contribution in [1.82, 2.24) is 5.32 Å². The summed E-state index contributed by atoms with van der Waals surface area (Å²) < 4.78 is 0. The highest BCUT2D eigenvalue weighted by molar-refractivity contribution is 7.99. The van der Waals surface area contributed by atoms with Gasteiger partial charge in [-0.3, -0.25) is 4.79 Å². The summed E-state index contributed by atoms with van der Waals surface area (Å²) in [5, 5.41) is 3.86. The van der Waals surface area contributed by atoms with Crippen molar-refractivity contribution in [3.63, 3.8) is 0 Å². The molecule has 1 rings (SSSR count). The van der Waals surface area contributed by atoms with Crippen LogP contribution in [0.4, 0.5) is 0 Å². The van der Waals surface area contributed by atoms with Crippen LogP contribution >= 0.6 is 24.0 Å². The second-order valence-corrected chi connectivity index (χ2v) is 6.93. The quantitative estimate of drug-likeness (QED) is 0.741. The zero-order valence-corrected chi connectivity index (χ0v) is 13.8. The summed E-state index contributed by atoms with van der Waals surface area (Å²) in [6, 6.07) is 0.283. The molecule has 19 heavy (non-hydrogen) atoms. The van der Waals surface area contributed by atoms with Gasteiger partial charge >= 0.3 is 0 Å². The Morgan fingerprint density at radius 1 is 1.42 bits per heavy atom. The van der Waals surface area contributed by atoms with Gasteiger partial charge in [0.05, 0.1) is 10.4 Å². The normalized spacial score (nSPS) is 23.9. The molecule has 0 heterocycles. The van der Waals surface area contributed by atoms with E-state index in [4.69, 9.17) is 18.0 Å². The lowest BCUT2D eigenvalue weighted by Gasteiger charge is -2.34. The van der Waals surface area contributed by atoms with Gasteiger partial charge in [0.2, 0.25) is 5.91 Å². The molecule has 1 aliphatic rings. The Morgan fingerprint density at radius 3 is 2.53 bits per heavy atom. The average molecular weight is 303 g/mol. The van der Waals surface area contributed by atoms with Crippen molar-refractivity contribution >= 4 is 34.9 Å². The highest BCUT2D eigenvalue weighted by Gasteiger charge is 2.39. The Morgan fingerprint density at radius 2 is 2.05 bits per heavy atom. The molecule has 2 atom stereocenters. The lowest BCUT2D eigenvalue weighted by atomic mass is 9.80. The standard InChI is InChI=1S/C14H26N2OS2/c1-4-14(5-2,12(15)18)13(17)16-10-7-6-8-11(9-10)19-3/h10-11H,4-9H2,1-3H3,(H2,15,18)(H,16,17). The molecular formula is C14H26N2OS2. The summed E-state index contributed by atoms with van der Waals surface area (Å²) in [4.78, 5) is 12.9. The molecule has 0 aromatic carbocycles. The summed E-state index contributed by atoms with van der Waals surface area (Å²) in [6.45, 7) is 3.96. The van der Waals surface area contributed by atoms with E-state index in [0.29, 0.717) is 23.1 Å². The first-order valence-corrected chi connectivity index (χ1v) is 8.83. The molecule has 110 valence electrons. The molecule has 3 nitrogen and oxygen atoms in total. The summed E-state index contributed by atoms with van der Waals surface area (Å²) in [5.41, 5.74) is 5.15. The third-order valence-corrected chi connectivity index (χ3v) is 5.89. The molecule has 0 aromatic heterocycles. The SMILES string of the molecule is CCC(CC)(C(=O)NC1CCCC(SC)C1)C(N)=S. The molecule has 0 aliphatic heterocycles. The van der Waals surface area contributed by atoms with Crippen LogP contribution in [0.25, 0.3) is 0 Å². The first-order chi connectivity index (χ1) is 9.00. The van der Waals surface area contributed by atoms with Gasteiger partial charge in [0, 0.05) is 11.3 Å². The number of hydrogen-bond donors (Lipinski definition) is 2. The summed E-state index contributed by atoms with van der Waals surface area (Å²) in [7, 11) is 0. The Hall–Kier alpha value is -0.290. The van der Waals surface area contributed by atoms with E-state index >= 15 is 0 Å². The van der Waals surface area contributed by atoms with Crippen molar-refractivity contribution in [2.24, 2.45) is 11.1 Å². The van der Waals surface area contributed by atoms with Gasteiger partial charge in [-0.25, -0.2) is 0 Å². The Labute approximate surface area is 126 Å².